The normalized spacial score (nSPS) is 12.7. The van der Waals surface area contributed by atoms with Crippen molar-refractivity contribution in [3.63, 3.8) is 0 Å². The Bertz CT molecular complexity index is 3150. The Morgan fingerprint density at radius 1 is 0.339 bits per heavy atom. The van der Waals surface area contributed by atoms with Crippen molar-refractivity contribution >= 4 is 38.9 Å². The van der Waals surface area contributed by atoms with E-state index in [9.17, 15) is 0 Å². The Morgan fingerprint density at radius 3 is 1.58 bits per heavy atom. The van der Waals surface area contributed by atoms with Crippen LogP contribution in [-0.4, -0.2) is 4.57 Å². The molecule has 0 radical (unpaired) electrons. The van der Waals surface area contributed by atoms with Crippen LogP contribution in [0.25, 0.3) is 72.0 Å². The largest absolute Gasteiger partial charge is 0.310 e. The Morgan fingerprint density at radius 2 is 0.847 bits per heavy atom. The number of nitrogens with zero attached hydrogens (tertiary/aromatic N) is 2. The monoisotopic (exact) mass is 754 g/mol. The van der Waals surface area contributed by atoms with E-state index in [2.05, 4.69) is 242 Å². The summed E-state index contributed by atoms with van der Waals surface area (Å²) in [5, 5.41) is 2.50. The molecule has 0 fully saturated rings. The molecule has 2 heteroatoms. The number of hydrogen-bond donors (Lipinski definition) is 0. The van der Waals surface area contributed by atoms with E-state index in [0.29, 0.717) is 0 Å². The highest BCUT2D eigenvalue weighted by Crippen LogP contribution is 2.51. The molecule has 0 N–H and O–H groups in total. The van der Waals surface area contributed by atoms with Gasteiger partial charge in [0.2, 0.25) is 0 Å². The van der Waals surface area contributed by atoms with Crippen LogP contribution in [0.5, 0.6) is 0 Å². The van der Waals surface area contributed by atoms with Gasteiger partial charge in [0.1, 0.15) is 0 Å². The van der Waals surface area contributed by atoms with Crippen LogP contribution in [0.1, 0.15) is 25.0 Å². The van der Waals surface area contributed by atoms with E-state index >= 15 is 0 Å². The third kappa shape index (κ3) is 5.79. The first-order chi connectivity index (χ1) is 29.0. The van der Waals surface area contributed by atoms with Gasteiger partial charge in [0, 0.05) is 38.8 Å². The lowest BCUT2D eigenvalue weighted by Gasteiger charge is -2.28. The van der Waals surface area contributed by atoms with Crippen LogP contribution in [0.3, 0.4) is 0 Å². The first kappa shape index (κ1) is 34.8. The van der Waals surface area contributed by atoms with Crippen molar-refractivity contribution in [3.8, 4) is 50.2 Å². The van der Waals surface area contributed by atoms with Gasteiger partial charge in [-0.15, -0.1) is 0 Å². The van der Waals surface area contributed by atoms with Crippen molar-refractivity contribution in [1.82, 2.24) is 4.57 Å². The van der Waals surface area contributed by atoms with Crippen LogP contribution >= 0.6 is 0 Å². The Hall–Kier alpha value is -7.42. The lowest BCUT2D eigenvalue weighted by molar-refractivity contribution is 0.660. The third-order valence-electron chi connectivity index (χ3n) is 12.4. The minimum absolute atomic E-state index is 0.104. The van der Waals surface area contributed by atoms with E-state index in [1.807, 2.05) is 0 Å². The van der Waals surface area contributed by atoms with E-state index in [4.69, 9.17) is 0 Å². The zero-order valence-corrected chi connectivity index (χ0v) is 33.2. The molecule has 1 aromatic heterocycles. The molecule has 9 aromatic carbocycles. The van der Waals surface area contributed by atoms with E-state index in [0.717, 1.165) is 22.7 Å². The molecular weight excluding hydrogens is 713 g/mol. The minimum atomic E-state index is -0.104. The molecule has 280 valence electrons. The Kier molecular flexibility index (Phi) is 8.20. The molecule has 0 spiro atoms. The van der Waals surface area contributed by atoms with Crippen LogP contribution in [-0.2, 0) is 5.41 Å². The maximum absolute atomic E-state index is 2.45. The number of para-hydroxylation sites is 2. The van der Waals surface area contributed by atoms with Crippen LogP contribution in [0.15, 0.2) is 218 Å². The molecule has 0 unspecified atom stereocenters. The maximum atomic E-state index is 2.45. The molecule has 0 amide bonds. The maximum Gasteiger partial charge on any atom is 0.0547 e. The second-order valence-corrected chi connectivity index (χ2v) is 16.2. The molecule has 1 aliphatic rings. The van der Waals surface area contributed by atoms with Gasteiger partial charge in [-0.25, -0.2) is 0 Å². The minimum Gasteiger partial charge on any atom is -0.310 e. The highest BCUT2D eigenvalue weighted by molar-refractivity contribution is 6.10. The molecule has 11 rings (SSSR count). The molecule has 1 aliphatic carbocycles. The molecule has 1 heterocycles. The van der Waals surface area contributed by atoms with Crippen LogP contribution < -0.4 is 4.90 Å². The highest BCUT2D eigenvalue weighted by Gasteiger charge is 2.35. The zero-order chi connectivity index (χ0) is 39.5. The van der Waals surface area contributed by atoms with Crippen LogP contribution in [0, 0.1) is 0 Å². The summed E-state index contributed by atoms with van der Waals surface area (Å²) in [6.07, 6.45) is 0. The molecule has 0 bridgehead atoms. The fourth-order valence-corrected chi connectivity index (χ4v) is 9.46. The van der Waals surface area contributed by atoms with Crippen molar-refractivity contribution in [2.75, 3.05) is 4.90 Å². The summed E-state index contributed by atoms with van der Waals surface area (Å²) in [4.78, 5) is 2.40. The van der Waals surface area contributed by atoms with Crippen LogP contribution in [0.2, 0.25) is 0 Å². The molecule has 0 aliphatic heterocycles. The summed E-state index contributed by atoms with van der Waals surface area (Å²) < 4.78 is 2.45. The van der Waals surface area contributed by atoms with E-state index in [-0.39, 0.29) is 5.41 Å². The van der Waals surface area contributed by atoms with E-state index in [1.54, 1.807) is 0 Å². The summed E-state index contributed by atoms with van der Waals surface area (Å²) in [5.74, 6) is 0. The zero-order valence-electron chi connectivity index (χ0n) is 33.2. The van der Waals surface area contributed by atoms with Crippen molar-refractivity contribution < 1.29 is 0 Å². The lowest BCUT2D eigenvalue weighted by atomic mass is 9.82. The predicted octanol–water partition coefficient (Wildman–Crippen LogP) is 15.6. The molecule has 0 saturated heterocycles. The van der Waals surface area contributed by atoms with Gasteiger partial charge in [-0.1, -0.05) is 178 Å². The van der Waals surface area contributed by atoms with Gasteiger partial charge in [0.05, 0.1) is 16.7 Å². The average molecular weight is 755 g/mol. The lowest BCUT2D eigenvalue weighted by Crippen LogP contribution is -2.16. The number of anilines is 3. The summed E-state index contributed by atoms with van der Waals surface area (Å²) >= 11 is 0. The molecule has 2 nitrogen and oxygen atoms in total. The van der Waals surface area contributed by atoms with Crippen molar-refractivity contribution in [2.45, 2.75) is 19.3 Å². The van der Waals surface area contributed by atoms with Gasteiger partial charge < -0.3 is 9.47 Å². The topological polar surface area (TPSA) is 8.17 Å². The van der Waals surface area contributed by atoms with Gasteiger partial charge in [-0.2, -0.15) is 0 Å². The molecule has 0 atom stereocenters. The predicted molar refractivity (Wildman–Crippen MR) is 249 cm³/mol. The summed E-state index contributed by atoms with van der Waals surface area (Å²) in [7, 11) is 0. The summed E-state index contributed by atoms with van der Waals surface area (Å²) in [6.45, 7) is 4.71. The van der Waals surface area contributed by atoms with Gasteiger partial charge in [0.25, 0.3) is 0 Å². The van der Waals surface area contributed by atoms with Gasteiger partial charge >= 0.3 is 0 Å². The molecule has 10 aromatic rings. The van der Waals surface area contributed by atoms with Crippen molar-refractivity contribution in [1.29, 1.82) is 0 Å². The number of aromatic nitrogens is 1. The summed E-state index contributed by atoms with van der Waals surface area (Å²) in [5.41, 5.74) is 19.4. The van der Waals surface area contributed by atoms with E-state index in [1.165, 1.54) is 77.4 Å². The number of benzene rings is 9. The fourth-order valence-electron chi connectivity index (χ4n) is 9.46. The second-order valence-electron chi connectivity index (χ2n) is 16.2. The van der Waals surface area contributed by atoms with Crippen molar-refractivity contribution in [2.24, 2.45) is 0 Å². The molecule has 59 heavy (non-hydrogen) atoms. The first-order valence-electron chi connectivity index (χ1n) is 20.5. The second kappa shape index (κ2) is 13.9. The smallest absolute Gasteiger partial charge is 0.0547 e. The van der Waals surface area contributed by atoms with Crippen LogP contribution in [0.4, 0.5) is 17.1 Å². The summed E-state index contributed by atoms with van der Waals surface area (Å²) in [6, 6.07) is 79.8. The average Bonchev–Trinajstić information content (AvgIpc) is 3.75. The first-order valence-corrected chi connectivity index (χ1v) is 20.5. The molecule has 0 saturated carbocycles. The number of rotatable bonds is 7. The number of hydrogen-bond acceptors (Lipinski definition) is 1. The van der Waals surface area contributed by atoms with Gasteiger partial charge in [-0.05, 0) is 105 Å². The highest BCUT2D eigenvalue weighted by atomic mass is 15.1. The standard InChI is InChI=1S/C57H42N2/c1-57(2)52-22-12-9-20-48(52)49-36-34-46(38-53(49)57)58(44-30-25-41(26-31-44)39-15-5-3-6-16-39)45-32-27-42(28-33-45)47-19-10-13-23-54(47)59-55-24-14-11-21-50(55)51-35-29-43(37-56(51)59)40-17-7-4-8-18-40/h3-38H,1-2H3. The van der Waals surface area contributed by atoms with Gasteiger partial charge in [0.15, 0.2) is 0 Å². The number of fused-ring (bicyclic) bond motifs is 6. The molecular formula is C57H42N2. The fraction of sp³-hybridized carbons (Fsp3) is 0.0526. The van der Waals surface area contributed by atoms with Crippen molar-refractivity contribution in [3.05, 3.63) is 230 Å². The Labute approximate surface area is 345 Å². The van der Waals surface area contributed by atoms with Gasteiger partial charge in [-0.3, -0.25) is 0 Å². The quantitative estimate of drug-likeness (QED) is 0.157. The SMILES string of the molecule is CC1(C)c2ccccc2-c2ccc(N(c3ccc(-c4ccccc4)cc3)c3ccc(-c4ccccc4-n4c5ccccc5c5ccc(-c6ccccc6)cc54)cc3)cc21. The Balaban J connectivity index is 1.03. The van der Waals surface area contributed by atoms with E-state index < -0.39 is 0 Å². The third-order valence-corrected chi connectivity index (χ3v) is 12.4.